The van der Waals surface area contributed by atoms with E-state index >= 15 is 0 Å². The van der Waals surface area contributed by atoms with Crippen LogP contribution < -0.4 is 10.6 Å². The molecule has 16 heavy (non-hydrogen) atoms. The van der Waals surface area contributed by atoms with Gasteiger partial charge in [0.15, 0.2) is 5.96 Å². The molecule has 0 radical (unpaired) electrons. The number of aliphatic imine (C=N–C) groups is 1. The standard InChI is InChI=1S/C13H29N3/c1-5-7-9-10-12(3)16-13(14-4)15-11-8-6-2/h12H,5-11H2,1-4H3,(H2,14,15,16). The lowest BCUT2D eigenvalue weighted by atomic mass is 10.1. The molecule has 0 aliphatic carbocycles. The number of guanidine groups is 1. The zero-order chi connectivity index (χ0) is 12.2. The summed E-state index contributed by atoms with van der Waals surface area (Å²) < 4.78 is 0. The molecule has 0 spiro atoms. The second-order valence-electron chi connectivity index (χ2n) is 4.39. The van der Waals surface area contributed by atoms with Gasteiger partial charge in [-0.1, -0.05) is 39.5 Å². The van der Waals surface area contributed by atoms with Crippen molar-refractivity contribution in [2.24, 2.45) is 4.99 Å². The van der Waals surface area contributed by atoms with Crippen LogP contribution >= 0.6 is 0 Å². The van der Waals surface area contributed by atoms with Crippen LogP contribution in [-0.2, 0) is 0 Å². The summed E-state index contributed by atoms with van der Waals surface area (Å²) in [6, 6.07) is 0.513. The highest BCUT2D eigenvalue weighted by Crippen LogP contribution is 2.02. The molecule has 3 heteroatoms. The Morgan fingerprint density at radius 2 is 1.81 bits per heavy atom. The molecule has 0 saturated heterocycles. The van der Waals surface area contributed by atoms with Crippen molar-refractivity contribution in [3.63, 3.8) is 0 Å². The normalized spacial score (nSPS) is 13.6. The molecular weight excluding hydrogens is 198 g/mol. The van der Waals surface area contributed by atoms with Crippen molar-refractivity contribution in [3.8, 4) is 0 Å². The molecule has 96 valence electrons. The molecule has 2 N–H and O–H groups in total. The van der Waals surface area contributed by atoms with Gasteiger partial charge >= 0.3 is 0 Å². The summed E-state index contributed by atoms with van der Waals surface area (Å²) in [5.74, 6) is 0.942. The Labute approximate surface area is 101 Å². The zero-order valence-electron chi connectivity index (χ0n) is 11.5. The molecular formula is C13H29N3. The van der Waals surface area contributed by atoms with E-state index in [0.29, 0.717) is 6.04 Å². The Balaban J connectivity index is 3.66. The van der Waals surface area contributed by atoms with E-state index < -0.39 is 0 Å². The van der Waals surface area contributed by atoms with Gasteiger partial charge in [0, 0.05) is 19.6 Å². The first-order chi connectivity index (χ1) is 7.74. The summed E-state index contributed by atoms with van der Waals surface area (Å²) in [5.41, 5.74) is 0. The van der Waals surface area contributed by atoms with Crippen molar-refractivity contribution in [1.29, 1.82) is 0 Å². The largest absolute Gasteiger partial charge is 0.356 e. The molecule has 0 heterocycles. The summed E-state index contributed by atoms with van der Waals surface area (Å²) in [6.45, 7) is 7.68. The van der Waals surface area contributed by atoms with E-state index in [4.69, 9.17) is 0 Å². The smallest absolute Gasteiger partial charge is 0.191 e. The quantitative estimate of drug-likeness (QED) is 0.380. The average molecular weight is 227 g/mol. The van der Waals surface area contributed by atoms with Crippen LogP contribution in [0.25, 0.3) is 0 Å². The molecule has 0 fully saturated rings. The third-order valence-electron chi connectivity index (χ3n) is 2.67. The van der Waals surface area contributed by atoms with Crippen molar-refractivity contribution in [1.82, 2.24) is 10.6 Å². The lowest BCUT2D eigenvalue weighted by Gasteiger charge is -2.17. The van der Waals surface area contributed by atoms with E-state index in [1.807, 2.05) is 7.05 Å². The Bertz CT molecular complexity index is 178. The fourth-order valence-electron chi connectivity index (χ4n) is 1.58. The average Bonchev–Trinajstić information content (AvgIpc) is 2.28. The second kappa shape index (κ2) is 10.8. The van der Waals surface area contributed by atoms with Crippen LogP contribution in [-0.4, -0.2) is 25.6 Å². The lowest BCUT2D eigenvalue weighted by Crippen LogP contribution is -2.42. The number of hydrogen-bond acceptors (Lipinski definition) is 1. The van der Waals surface area contributed by atoms with E-state index in [0.717, 1.165) is 12.5 Å². The van der Waals surface area contributed by atoms with Gasteiger partial charge in [-0.2, -0.15) is 0 Å². The molecule has 0 aromatic heterocycles. The van der Waals surface area contributed by atoms with E-state index in [1.165, 1.54) is 38.5 Å². The summed E-state index contributed by atoms with van der Waals surface area (Å²) in [5, 5.41) is 6.75. The summed E-state index contributed by atoms with van der Waals surface area (Å²) in [7, 11) is 1.83. The first-order valence-corrected chi connectivity index (χ1v) is 6.71. The van der Waals surface area contributed by atoms with E-state index in [2.05, 4.69) is 36.4 Å². The van der Waals surface area contributed by atoms with Crippen LogP contribution in [0.1, 0.15) is 59.3 Å². The summed E-state index contributed by atoms with van der Waals surface area (Å²) in [6.07, 6.45) is 7.56. The molecule has 0 saturated carbocycles. The minimum Gasteiger partial charge on any atom is -0.356 e. The first kappa shape index (κ1) is 15.3. The third kappa shape index (κ3) is 8.57. The van der Waals surface area contributed by atoms with Gasteiger partial charge in [-0.25, -0.2) is 0 Å². The van der Waals surface area contributed by atoms with Crippen molar-refractivity contribution in [2.75, 3.05) is 13.6 Å². The topological polar surface area (TPSA) is 36.4 Å². The Morgan fingerprint density at radius 1 is 1.12 bits per heavy atom. The van der Waals surface area contributed by atoms with Crippen LogP contribution in [0.5, 0.6) is 0 Å². The molecule has 1 unspecified atom stereocenters. The van der Waals surface area contributed by atoms with Crippen molar-refractivity contribution >= 4 is 5.96 Å². The van der Waals surface area contributed by atoms with Gasteiger partial charge in [-0.15, -0.1) is 0 Å². The van der Waals surface area contributed by atoms with Gasteiger partial charge in [0.1, 0.15) is 0 Å². The van der Waals surface area contributed by atoms with Crippen LogP contribution in [0.15, 0.2) is 4.99 Å². The van der Waals surface area contributed by atoms with Gasteiger partial charge in [-0.3, -0.25) is 4.99 Å². The minimum atomic E-state index is 0.513. The number of nitrogens with zero attached hydrogens (tertiary/aromatic N) is 1. The predicted molar refractivity (Wildman–Crippen MR) is 73.0 cm³/mol. The summed E-state index contributed by atoms with van der Waals surface area (Å²) in [4.78, 5) is 4.22. The van der Waals surface area contributed by atoms with Crippen LogP contribution in [0.3, 0.4) is 0 Å². The van der Waals surface area contributed by atoms with Crippen molar-refractivity contribution < 1.29 is 0 Å². The van der Waals surface area contributed by atoms with Gasteiger partial charge < -0.3 is 10.6 Å². The molecule has 0 bridgehead atoms. The number of rotatable bonds is 8. The number of unbranched alkanes of at least 4 members (excludes halogenated alkanes) is 3. The van der Waals surface area contributed by atoms with Gasteiger partial charge in [0.25, 0.3) is 0 Å². The molecule has 0 aliphatic heterocycles. The van der Waals surface area contributed by atoms with Gasteiger partial charge in [0.2, 0.25) is 0 Å². The van der Waals surface area contributed by atoms with E-state index in [-0.39, 0.29) is 0 Å². The minimum absolute atomic E-state index is 0.513. The van der Waals surface area contributed by atoms with Crippen LogP contribution in [0.2, 0.25) is 0 Å². The fraction of sp³-hybridized carbons (Fsp3) is 0.923. The van der Waals surface area contributed by atoms with Crippen LogP contribution in [0.4, 0.5) is 0 Å². The second-order valence-corrected chi connectivity index (χ2v) is 4.39. The lowest BCUT2D eigenvalue weighted by molar-refractivity contribution is 0.546. The van der Waals surface area contributed by atoms with Gasteiger partial charge in [-0.05, 0) is 19.8 Å². The fourth-order valence-corrected chi connectivity index (χ4v) is 1.58. The highest BCUT2D eigenvalue weighted by atomic mass is 15.2. The monoisotopic (exact) mass is 227 g/mol. The molecule has 0 rings (SSSR count). The molecule has 3 nitrogen and oxygen atoms in total. The maximum atomic E-state index is 4.22. The summed E-state index contributed by atoms with van der Waals surface area (Å²) >= 11 is 0. The van der Waals surface area contributed by atoms with E-state index in [9.17, 15) is 0 Å². The molecule has 0 amide bonds. The highest BCUT2D eigenvalue weighted by Gasteiger charge is 2.03. The predicted octanol–water partition coefficient (Wildman–Crippen LogP) is 2.92. The SMILES string of the molecule is CCCCCC(C)NC(=NC)NCCCC. The van der Waals surface area contributed by atoms with Gasteiger partial charge in [0.05, 0.1) is 0 Å². The maximum Gasteiger partial charge on any atom is 0.191 e. The van der Waals surface area contributed by atoms with Crippen LogP contribution in [0, 0.1) is 0 Å². The maximum absolute atomic E-state index is 4.22. The molecule has 0 aromatic rings. The molecule has 1 atom stereocenters. The third-order valence-corrected chi connectivity index (χ3v) is 2.67. The Kier molecular flexibility index (Phi) is 10.3. The van der Waals surface area contributed by atoms with Crippen molar-refractivity contribution in [2.45, 2.75) is 65.3 Å². The Hall–Kier alpha value is -0.730. The first-order valence-electron chi connectivity index (χ1n) is 6.71. The number of hydrogen-bond donors (Lipinski definition) is 2. The van der Waals surface area contributed by atoms with Crippen molar-refractivity contribution in [3.05, 3.63) is 0 Å². The highest BCUT2D eigenvalue weighted by molar-refractivity contribution is 5.79. The Morgan fingerprint density at radius 3 is 2.38 bits per heavy atom. The zero-order valence-corrected chi connectivity index (χ0v) is 11.5. The molecule has 0 aliphatic rings. The number of nitrogens with one attached hydrogen (secondary N) is 2. The molecule has 0 aromatic carbocycles. The van der Waals surface area contributed by atoms with E-state index in [1.54, 1.807) is 0 Å².